The van der Waals surface area contributed by atoms with Crippen LogP contribution in [0.3, 0.4) is 0 Å². The number of primary sulfonamides is 1. The lowest BCUT2D eigenvalue weighted by Crippen LogP contribution is -2.32. The average molecular weight is 301 g/mol. The van der Waals surface area contributed by atoms with Gasteiger partial charge in [-0.3, -0.25) is 4.79 Å². The summed E-state index contributed by atoms with van der Waals surface area (Å²) in [6.45, 7) is 3.94. The van der Waals surface area contributed by atoms with Crippen LogP contribution in [-0.4, -0.2) is 34.0 Å². The molecule has 20 heavy (non-hydrogen) atoms. The fourth-order valence-electron chi connectivity index (χ4n) is 1.45. The monoisotopic (exact) mass is 301 g/mol. The molecule has 1 aromatic carbocycles. The lowest BCUT2D eigenvalue weighted by Gasteiger charge is -2.12. The van der Waals surface area contributed by atoms with Crippen LogP contribution in [0.5, 0.6) is 5.75 Å². The molecule has 8 heteroatoms. The number of hydrogen-bond acceptors (Lipinski definition) is 5. The van der Waals surface area contributed by atoms with E-state index in [4.69, 9.17) is 9.88 Å². The molecule has 7 nitrogen and oxygen atoms in total. The molecular formula is C12H19N3O4S. The first-order valence-electron chi connectivity index (χ1n) is 5.98. The predicted molar refractivity (Wildman–Crippen MR) is 76.1 cm³/mol. The summed E-state index contributed by atoms with van der Waals surface area (Å²) in [5, 5.41) is 10.6. The maximum absolute atomic E-state index is 11.7. The van der Waals surface area contributed by atoms with Gasteiger partial charge >= 0.3 is 0 Å². The first-order chi connectivity index (χ1) is 9.24. The Bertz CT molecular complexity index is 584. The molecule has 0 atom stereocenters. The summed E-state index contributed by atoms with van der Waals surface area (Å²) in [4.78, 5) is 11.6. The largest absolute Gasteiger partial charge is 0.495 e. The van der Waals surface area contributed by atoms with E-state index in [9.17, 15) is 13.2 Å². The lowest BCUT2D eigenvalue weighted by molar-refractivity contribution is -0.115. The highest BCUT2D eigenvalue weighted by Crippen LogP contribution is 2.26. The van der Waals surface area contributed by atoms with Gasteiger partial charge in [-0.1, -0.05) is 13.8 Å². The number of carbonyl (C=O) groups is 1. The SMILES string of the molecule is COc1ccc(S(N)(=O)=O)cc1NC(=O)CNC(C)C. The van der Waals surface area contributed by atoms with Crippen LogP contribution in [0.4, 0.5) is 5.69 Å². The molecular weight excluding hydrogens is 282 g/mol. The Kier molecular flexibility index (Phi) is 5.49. The number of carbonyl (C=O) groups excluding carboxylic acids is 1. The number of ether oxygens (including phenoxy) is 1. The van der Waals surface area contributed by atoms with Crippen molar-refractivity contribution < 1.29 is 17.9 Å². The van der Waals surface area contributed by atoms with Crippen molar-refractivity contribution >= 4 is 21.6 Å². The molecule has 0 aliphatic carbocycles. The number of anilines is 1. The summed E-state index contributed by atoms with van der Waals surface area (Å²) >= 11 is 0. The van der Waals surface area contributed by atoms with Gasteiger partial charge in [0.2, 0.25) is 15.9 Å². The van der Waals surface area contributed by atoms with Crippen LogP contribution in [0.2, 0.25) is 0 Å². The van der Waals surface area contributed by atoms with E-state index >= 15 is 0 Å². The molecule has 4 N–H and O–H groups in total. The van der Waals surface area contributed by atoms with E-state index in [1.165, 1.54) is 25.3 Å². The second kappa shape index (κ2) is 6.69. The smallest absolute Gasteiger partial charge is 0.238 e. The number of benzene rings is 1. The Morgan fingerprint density at radius 3 is 2.55 bits per heavy atom. The molecule has 112 valence electrons. The lowest BCUT2D eigenvalue weighted by atomic mass is 10.3. The number of nitrogens with two attached hydrogens (primary N) is 1. The number of hydrogen-bond donors (Lipinski definition) is 3. The topological polar surface area (TPSA) is 111 Å². The fourth-order valence-corrected chi connectivity index (χ4v) is 1.99. The van der Waals surface area contributed by atoms with Crippen LogP contribution < -0.4 is 20.5 Å². The third kappa shape index (κ3) is 4.80. The standard InChI is InChI=1S/C12H19N3O4S/c1-8(2)14-7-12(16)15-10-6-9(20(13,17)18)4-5-11(10)19-3/h4-6,8,14H,7H2,1-3H3,(H,15,16)(H2,13,17,18). The maximum Gasteiger partial charge on any atom is 0.238 e. The number of methoxy groups -OCH3 is 1. The summed E-state index contributed by atoms with van der Waals surface area (Å²) in [5.41, 5.74) is 0.259. The summed E-state index contributed by atoms with van der Waals surface area (Å²) in [5.74, 6) is 0.0545. The van der Waals surface area contributed by atoms with Crippen molar-refractivity contribution in [1.29, 1.82) is 0 Å². The van der Waals surface area contributed by atoms with Crippen LogP contribution in [0, 0.1) is 0 Å². The van der Waals surface area contributed by atoms with Gasteiger partial charge in [-0.05, 0) is 18.2 Å². The van der Waals surface area contributed by atoms with Crippen molar-refractivity contribution in [2.75, 3.05) is 19.0 Å². The fraction of sp³-hybridized carbons (Fsp3) is 0.417. The second-order valence-electron chi connectivity index (χ2n) is 4.49. The van der Waals surface area contributed by atoms with E-state index in [1.54, 1.807) is 0 Å². The molecule has 0 bridgehead atoms. The van der Waals surface area contributed by atoms with Gasteiger partial charge in [0.25, 0.3) is 0 Å². The van der Waals surface area contributed by atoms with Crippen LogP contribution >= 0.6 is 0 Å². The Morgan fingerprint density at radius 2 is 2.05 bits per heavy atom. The molecule has 1 rings (SSSR count). The Morgan fingerprint density at radius 1 is 1.40 bits per heavy atom. The van der Waals surface area contributed by atoms with Crippen molar-refractivity contribution in [3.05, 3.63) is 18.2 Å². The van der Waals surface area contributed by atoms with Gasteiger partial charge in [-0.2, -0.15) is 0 Å². The molecule has 0 aliphatic heterocycles. The summed E-state index contributed by atoms with van der Waals surface area (Å²) < 4.78 is 27.7. The normalized spacial score (nSPS) is 11.4. The number of nitrogens with one attached hydrogen (secondary N) is 2. The molecule has 0 fully saturated rings. The number of rotatable bonds is 6. The van der Waals surface area contributed by atoms with Crippen LogP contribution in [-0.2, 0) is 14.8 Å². The highest BCUT2D eigenvalue weighted by molar-refractivity contribution is 7.89. The van der Waals surface area contributed by atoms with Crippen LogP contribution in [0.25, 0.3) is 0 Å². The quantitative estimate of drug-likeness (QED) is 0.699. The molecule has 0 unspecified atom stereocenters. The molecule has 1 amide bonds. The minimum absolute atomic E-state index is 0.0922. The second-order valence-corrected chi connectivity index (χ2v) is 6.05. The minimum Gasteiger partial charge on any atom is -0.495 e. The molecule has 0 saturated carbocycles. The molecule has 0 heterocycles. The summed E-state index contributed by atoms with van der Waals surface area (Å²) in [7, 11) is -2.41. The van der Waals surface area contributed by atoms with Gasteiger partial charge in [-0.15, -0.1) is 0 Å². The van der Waals surface area contributed by atoms with Crippen molar-refractivity contribution in [3.63, 3.8) is 0 Å². The molecule has 0 aliphatic rings. The third-order valence-electron chi connectivity index (χ3n) is 2.44. The van der Waals surface area contributed by atoms with E-state index in [2.05, 4.69) is 10.6 Å². The van der Waals surface area contributed by atoms with E-state index in [1.807, 2.05) is 13.8 Å². The minimum atomic E-state index is -3.83. The van der Waals surface area contributed by atoms with Crippen molar-refractivity contribution in [2.45, 2.75) is 24.8 Å². The molecule has 0 radical (unpaired) electrons. The number of amides is 1. The van der Waals surface area contributed by atoms with E-state index in [0.29, 0.717) is 5.75 Å². The van der Waals surface area contributed by atoms with Gasteiger partial charge < -0.3 is 15.4 Å². The van der Waals surface area contributed by atoms with Crippen LogP contribution in [0.15, 0.2) is 23.1 Å². The zero-order chi connectivity index (χ0) is 15.3. The number of sulfonamides is 1. The van der Waals surface area contributed by atoms with Gasteiger partial charge in [0.05, 0.1) is 24.2 Å². The zero-order valence-corrected chi connectivity index (χ0v) is 12.5. The Hall–Kier alpha value is -1.64. The highest BCUT2D eigenvalue weighted by atomic mass is 32.2. The predicted octanol–water partition coefficient (Wildman–Crippen LogP) is 0.279. The van der Waals surface area contributed by atoms with Gasteiger partial charge in [0.1, 0.15) is 5.75 Å². The maximum atomic E-state index is 11.7. The third-order valence-corrected chi connectivity index (χ3v) is 3.36. The molecule has 1 aromatic rings. The molecule has 0 aromatic heterocycles. The highest BCUT2D eigenvalue weighted by Gasteiger charge is 2.14. The van der Waals surface area contributed by atoms with Crippen molar-refractivity contribution in [2.24, 2.45) is 5.14 Å². The van der Waals surface area contributed by atoms with Gasteiger partial charge in [-0.25, -0.2) is 13.6 Å². The van der Waals surface area contributed by atoms with Crippen LogP contribution in [0.1, 0.15) is 13.8 Å². The van der Waals surface area contributed by atoms with Crippen molar-refractivity contribution in [1.82, 2.24) is 5.32 Å². The van der Waals surface area contributed by atoms with Gasteiger partial charge in [0.15, 0.2) is 0 Å². The van der Waals surface area contributed by atoms with E-state index in [0.717, 1.165) is 0 Å². The van der Waals surface area contributed by atoms with Gasteiger partial charge in [0, 0.05) is 6.04 Å². The zero-order valence-electron chi connectivity index (χ0n) is 11.6. The summed E-state index contributed by atoms with van der Waals surface area (Å²) in [6.07, 6.45) is 0. The molecule has 0 saturated heterocycles. The average Bonchev–Trinajstić information content (AvgIpc) is 2.35. The molecule has 0 spiro atoms. The van der Waals surface area contributed by atoms with Crippen molar-refractivity contribution in [3.8, 4) is 5.75 Å². The Balaban J connectivity index is 2.95. The van der Waals surface area contributed by atoms with E-state index < -0.39 is 10.0 Å². The van der Waals surface area contributed by atoms with E-state index in [-0.39, 0.29) is 29.1 Å². The summed E-state index contributed by atoms with van der Waals surface area (Å²) in [6, 6.07) is 4.18. The Labute approximate surface area is 118 Å². The first-order valence-corrected chi connectivity index (χ1v) is 7.52. The first kappa shape index (κ1) is 16.4.